The number of hydrogen-bond donors (Lipinski definition) is 2. The number of benzene rings is 2. The van der Waals surface area contributed by atoms with Crippen molar-refractivity contribution in [2.24, 2.45) is 7.05 Å². The molecule has 2 aromatic carbocycles. The van der Waals surface area contributed by atoms with E-state index in [4.69, 9.17) is 5.11 Å². The van der Waals surface area contributed by atoms with Crippen LogP contribution < -0.4 is 5.32 Å². The van der Waals surface area contributed by atoms with Crippen LogP contribution in [0.1, 0.15) is 27.4 Å². The molecule has 0 fully saturated rings. The number of aromatic nitrogens is 2. The lowest BCUT2D eigenvalue weighted by molar-refractivity contribution is 0.0979. The van der Waals surface area contributed by atoms with Gasteiger partial charge in [0.05, 0.1) is 18.5 Å². The second-order valence-corrected chi connectivity index (χ2v) is 6.59. The highest BCUT2D eigenvalue weighted by Gasteiger charge is 2.17. The SMILES string of the molecule is Cc1c(CC(=O)c2ncc(CNCCO)n2C)cccc1-c1ccccc1. The lowest BCUT2D eigenvalue weighted by Gasteiger charge is -2.12. The number of carbonyl (C=O) groups is 1. The zero-order valence-corrected chi connectivity index (χ0v) is 15.8. The monoisotopic (exact) mass is 363 g/mol. The molecule has 27 heavy (non-hydrogen) atoms. The lowest BCUT2D eigenvalue weighted by Crippen LogP contribution is -2.20. The largest absolute Gasteiger partial charge is 0.395 e. The van der Waals surface area contributed by atoms with E-state index < -0.39 is 0 Å². The smallest absolute Gasteiger partial charge is 0.202 e. The fourth-order valence-corrected chi connectivity index (χ4v) is 3.22. The van der Waals surface area contributed by atoms with E-state index >= 15 is 0 Å². The summed E-state index contributed by atoms with van der Waals surface area (Å²) in [7, 11) is 1.85. The molecule has 2 N–H and O–H groups in total. The van der Waals surface area contributed by atoms with E-state index in [1.54, 1.807) is 6.20 Å². The number of ketones is 1. The Morgan fingerprint density at radius 2 is 1.93 bits per heavy atom. The van der Waals surface area contributed by atoms with Gasteiger partial charge in [-0.05, 0) is 29.2 Å². The quantitative estimate of drug-likeness (QED) is 0.477. The van der Waals surface area contributed by atoms with Crippen molar-refractivity contribution in [3.05, 3.63) is 77.4 Å². The highest BCUT2D eigenvalue weighted by atomic mass is 16.3. The zero-order chi connectivity index (χ0) is 19.2. The minimum absolute atomic E-state index is 0.000722. The van der Waals surface area contributed by atoms with Crippen LogP contribution in [-0.4, -0.2) is 33.6 Å². The van der Waals surface area contributed by atoms with Crippen LogP contribution in [0, 0.1) is 6.92 Å². The minimum atomic E-state index is -0.000722. The predicted molar refractivity (Wildman–Crippen MR) is 107 cm³/mol. The number of Topliss-reactive ketones (excluding diaryl/α,β-unsaturated/α-hetero) is 1. The van der Waals surface area contributed by atoms with Crippen molar-refractivity contribution in [1.82, 2.24) is 14.9 Å². The van der Waals surface area contributed by atoms with Gasteiger partial charge in [0.15, 0.2) is 5.82 Å². The third kappa shape index (κ3) is 4.32. The average Bonchev–Trinajstić information content (AvgIpc) is 3.05. The van der Waals surface area contributed by atoms with Gasteiger partial charge in [0.2, 0.25) is 5.78 Å². The zero-order valence-electron chi connectivity index (χ0n) is 15.8. The molecule has 0 atom stereocenters. The third-order valence-corrected chi connectivity index (χ3v) is 4.81. The van der Waals surface area contributed by atoms with E-state index in [1.165, 1.54) is 0 Å². The first kappa shape index (κ1) is 19.0. The van der Waals surface area contributed by atoms with Crippen LogP contribution in [0.5, 0.6) is 0 Å². The van der Waals surface area contributed by atoms with Gasteiger partial charge in [-0.3, -0.25) is 4.79 Å². The molecule has 0 aliphatic heterocycles. The van der Waals surface area contributed by atoms with Crippen LogP contribution in [0.2, 0.25) is 0 Å². The van der Waals surface area contributed by atoms with Crippen LogP contribution in [0.4, 0.5) is 0 Å². The number of nitrogens with zero attached hydrogens (tertiary/aromatic N) is 2. The summed E-state index contributed by atoms with van der Waals surface area (Å²) in [5.74, 6) is 0.458. The Hall–Kier alpha value is -2.76. The maximum Gasteiger partial charge on any atom is 0.202 e. The first-order valence-corrected chi connectivity index (χ1v) is 9.11. The summed E-state index contributed by atoms with van der Waals surface area (Å²) in [6.45, 7) is 3.23. The van der Waals surface area contributed by atoms with E-state index in [2.05, 4.69) is 35.4 Å². The Kier molecular flexibility index (Phi) is 6.16. The molecule has 0 bridgehead atoms. The van der Waals surface area contributed by atoms with Crippen molar-refractivity contribution in [3.8, 4) is 11.1 Å². The minimum Gasteiger partial charge on any atom is -0.395 e. The Balaban J connectivity index is 1.79. The first-order valence-electron chi connectivity index (χ1n) is 9.11. The Morgan fingerprint density at radius 3 is 2.67 bits per heavy atom. The van der Waals surface area contributed by atoms with Crippen molar-refractivity contribution in [2.75, 3.05) is 13.2 Å². The van der Waals surface area contributed by atoms with Crippen LogP contribution in [-0.2, 0) is 20.0 Å². The maximum absolute atomic E-state index is 12.8. The molecule has 0 radical (unpaired) electrons. The summed E-state index contributed by atoms with van der Waals surface area (Å²) in [6, 6.07) is 16.3. The molecule has 3 rings (SSSR count). The van der Waals surface area contributed by atoms with Gasteiger partial charge in [0, 0.05) is 26.6 Å². The van der Waals surface area contributed by atoms with Crippen molar-refractivity contribution in [3.63, 3.8) is 0 Å². The van der Waals surface area contributed by atoms with E-state index in [1.807, 2.05) is 41.9 Å². The Bertz CT molecular complexity index is 917. The molecule has 0 aliphatic carbocycles. The normalized spacial score (nSPS) is 10.9. The van der Waals surface area contributed by atoms with Crippen LogP contribution in [0.15, 0.2) is 54.7 Å². The molecule has 3 aromatic rings. The van der Waals surface area contributed by atoms with E-state index in [0.29, 0.717) is 25.3 Å². The summed E-state index contributed by atoms with van der Waals surface area (Å²) in [4.78, 5) is 17.1. The molecule has 1 heterocycles. The first-order chi connectivity index (χ1) is 13.1. The number of imidazole rings is 1. The average molecular weight is 363 g/mol. The van der Waals surface area contributed by atoms with Crippen LogP contribution >= 0.6 is 0 Å². The van der Waals surface area contributed by atoms with Gasteiger partial charge in [0.25, 0.3) is 0 Å². The second-order valence-electron chi connectivity index (χ2n) is 6.59. The summed E-state index contributed by atoms with van der Waals surface area (Å²) < 4.78 is 1.82. The van der Waals surface area contributed by atoms with Crippen LogP contribution in [0.25, 0.3) is 11.1 Å². The van der Waals surface area contributed by atoms with E-state index in [-0.39, 0.29) is 12.4 Å². The predicted octanol–water partition coefficient (Wildman–Crippen LogP) is 2.90. The van der Waals surface area contributed by atoms with Crippen molar-refractivity contribution >= 4 is 5.78 Å². The third-order valence-electron chi connectivity index (χ3n) is 4.81. The van der Waals surface area contributed by atoms with Gasteiger partial charge < -0.3 is 15.0 Å². The number of aliphatic hydroxyl groups excluding tert-OH is 1. The van der Waals surface area contributed by atoms with Crippen molar-refractivity contribution < 1.29 is 9.90 Å². The topological polar surface area (TPSA) is 67.2 Å². The lowest BCUT2D eigenvalue weighted by atomic mass is 9.94. The van der Waals surface area contributed by atoms with Gasteiger partial charge in [0.1, 0.15) is 0 Å². The fraction of sp³-hybridized carbons (Fsp3) is 0.273. The number of nitrogens with one attached hydrogen (secondary N) is 1. The van der Waals surface area contributed by atoms with Gasteiger partial charge in [-0.2, -0.15) is 0 Å². The summed E-state index contributed by atoms with van der Waals surface area (Å²) >= 11 is 0. The van der Waals surface area contributed by atoms with Gasteiger partial charge in [-0.15, -0.1) is 0 Å². The molecule has 5 nitrogen and oxygen atoms in total. The molecule has 0 spiro atoms. The number of carbonyl (C=O) groups excluding carboxylic acids is 1. The van der Waals surface area contributed by atoms with Crippen molar-refractivity contribution in [2.45, 2.75) is 19.9 Å². The molecule has 1 aromatic heterocycles. The molecule has 0 amide bonds. The Morgan fingerprint density at radius 1 is 1.15 bits per heavy atom. The second kappa shape index (κ2) is 8.75. The molecular weight excluding hydrogens is 338 g/mol. The van der Waals surface area contributed by atoms with E-state index in [9.17, 15) is 4.79 Å². The highest BCUT2D eigenvalue weighted by molar-refractivity contribution is 5.95. The molecular formula is C22H25N3O2. The van der Waals surface area contributed by atoms with Gasteiger partial charge in [-0.25, -0.2) is 4.98 Å². The van der Waals surface area contributed by atoms with Crippen LogP contribution in [0.3, 0.4) is 0 Å². The standard InChI is InChI=1S/C22H25N3O2/c1-16-18(9-6-10-20(16)17-7-4-3-5-8-17)13-21(27)22-24-15-19(25(22)2)14-23-11-12-26/h3-10,15,23,26H,11-14H2,1-2H3. The number of hydrogen-bond acceptors (Lipinski definition) is 4. The molecule has 0 unspecified atom stereocenters. The number of rotatable bonds is 8. The number of aliphatic hydroxyl groups is 1. The molecule has 140 valence electrons. The summed E-state index contributed by atoms with van der Waals surface area (Å²) in [5, 5.41) is 12.0. The molecule has 0 saturated heterocycles. The summed E-state index contributed by atoms with van der Waals surface area (Å²) in [6.07, 6.45) is 2.03. The van der Waals surface area contributed by atoms with Crippen molar-refractivity contribution in [1.29, 1.82) is 0 Å². The fourth-order valence-electron chi connectivity index (χ4n) is 3.22. The molecule has 0 saturated carbocycles. The van der Waals surface area contributed by atoms with E-state index in [0.717, 1.165) is 27.9 Å². The molecule has 0 aliphatic rings. The highest BCUT2D eigenvalue weighted by Crippen LogP contribution is 2.26. The molecule has 5 heteroatoms. The Labute approximate surface area is 159 Å². The maximum atomic E-state index is 12.8. The van der Waals surface area contributed by atoms with Gasteiger partial charge in [-0.1, -0.05) is 48.5 Å². The van der Waals surface area contributed by atoms with Gasteiger partial charge >= 0.3 is 0 Å². The summed E-state index contributed by atoms with van der Waals surface area (Å²) in [5.41, 5.74) is 5.36.